The van der Waals surface area contributed by atoms with Crippen LogP contribution >= 0.6 is 0 Å². The molecular formula is C26H32N4O3. The number of anilines is 1. The standard InChI is InChI=1S/C26H32N4O3/c1-29(22-11-6-3-7-12-22)14-8-13-27-25(32)20-15-21-17-30(18-24(31)28-23(21)16-20)26(33)19-9-4-2-5-10-19/h2-7,9-12,20-21,23H,8,13-18H2,1H3,(H,27,32)(H,28,31)/t20-,21+,23+/m0/s1. The van der Waals surface area contributed by atoms with Crippen LogP contribution in [0, 0.1) is 11.8 Å². The topological polar surface area (TPSA) is 81.8 Å². The molecule has 7 heteroatoms. The fourth-order valence-corrected chi connectivity index (χ4v) is 4.89. The first kappa shape index (κ1) is 22.8. The molecule has 0 spiro atoms. The van der Waals surface area contributed by atoms with Crippen molar-refractivity contribution in [1.82, 2.24) is 15.5 Å². The molecule has 0 bridgehead atoms. The Morgan fingerprint density at radius 2 is 1.76 bits per heavy atom. The van der Waals surface area contributed by atoms with Gasteiger partial charge in [-0.3, -0.25) is 14.4 Å². The number of carbonyl (C=O) groups is 3. The second-order valence-corrected chi connectivity index (χ2v) is 9.06. The molecule has 2 aromatic carbocycles. The zero-order chi connectivity index (χ0) is 23.2. The number of carbonyl (C=O) groups excluding carboxylic acids is 3. The van der Waals surface area contributed by atoms with Crippen LogP contribution in [-0.2, 0) is 9.59 Å². The van der Waals surface area contributed by atoms with Crippen molar-refractivity contribution < 1.29 is 14.4 Å². The number of nitrogens with zero attached hydrogens (tertiary/aromatic N) is 2. The highest BCUT2D eigenvalue weighted by Crippen LogP contribution is 2.33. The lowest BCUT2D eigenvalue weighted by Crippen LogP contribution is -2.39. The first-order valence-corrected chi connectivity index (χ1v) is 11.7. The van der Waals surface area contributed by atoms with E-state index in [2.05, 4.69) is 27.7 Å². The Kier molecular flexibility index (Phi) is 7.27. The fraction of sp³-hybridized carbons (Fsp3) is 0.423. The van der Waals surface area contributed by atoms with Crippen LogP contribution in [0.4, 0.5) is 5.69 Å². The van der Waals surface area contributed by atoms with Crippen LogP contribution in [0.1, 0.15) is 29.6 Å². The van der Waals surface area contributed by atoms with Gasteiger partial charge in [-0.25, -0.2) is 0 Å². The average molecular weight is 449 g/mol. The van der Waals surface area contributed by atoms with Crippen molar-refractivity contribution in [2.24, 2.45) is 11.8 Å². The summed E-state index contributed by atoms with van der Waals surface area (Å²) in [6.07, 6.45) is 2.16. The molecule has 0 aromatic heterocycles. The minimum absolute atomic E-state index is 0.0422. The van der Waals surface area contributed by atoms with Crippen LogP contribution in [0.15, 0.2) is 60.7 Å². The average Bonchev–Trinajstić information content (AvgIpc) is 3.16. The molecule has 1 saturated heterocycles. The summed E-state index contributed by atoms with van der Waals surface area (Å²) in [6.45, 7) is 2.02. The summed E-state index contributed by atoms with van der Waals surface area (Å²) in [5, 5.41) is 6.11. The summed E-state index contributed by atoms with van der Waals surface area (Å²) < 4.78 is 0. The number of hydrogen-bond acceptors (Lipinski definition) is 4. The number of nitrogens with one attached hydrogen (secondary N) is 2. The van der Waals surface area contributed by atoms with Gasteiger partial charge in [-0.15, -0.1) is 0 Å². The molecule has 33 heavy (non-hydrogen) atoms. The Labute approximate surface area is 195 Å². The van der Waals surface area contributed by atoms with E-state index in [1.807, 2.05) is 43.4 Å². The lowest BCUT2D eigenvalue weighted by atomic mass is 10.0. The molecule has 1 aliphatic heterocycles. The molecule has 2 fully saturated rings. The SMILES string of the molecule is CN(CCCNC(=O)[C@H]1C[C@@H]2CN(C(=O)c3ccccc3)CC(=O)N[C@@H]2C1)c1ccccc1. The van der Waals surface area contributed by atoms with Crippen molar-refractivity contribution in [3.8, 4) is 0 Å². The number of amides is 3. The molecule has 174 valence electrons. The normalized spacial score (nSPS) is 22.2. The third kappa shape index (κ3) is 5.72. The first-order valence-electron chi connectivity index (χ1n) is 11.7. The Morgan fingerprint density at radius 3 is 2.48 bits per heavy atom. The van der Waals surface area contributed by atoms with Crippen molar-refractivity contribution >= 4 is 23.4 Å². The molecule has 3 amide bonds. The summed E-state index contributed by atoms with van der Waals surface area (Å²) in [5.41, 5.74) is 1.74. The van der Waals surface area contributed by atoms with E-state index in [1.54, 1.807) is 17.0 Å². The Bertz CT molecular complexity index is 966. The van der Waals surface area contributed by atoms with Gasteiger partial charge in [-0.2, -0.15) is 0 Å². The molecule has 2 N–H and O–H groups in total. The second kappa shape index (κ2) is 10.5. The summed E-state index contributed by atoms with van der Waals surface area (Å²) in [6, 6.07) is 19.1. The molecule has 1 saturated carbocycles. The second-order valence-electron chi connectivity index (χ2n) is 9.06. The van der Waals surface area contributed by atoms with Gasteiger partial charge in [0, 0.05) is 49.9 Å². The van der Waals surface area contributed by atoms with Crippen molar-refractivity contribution in [2.75, 3.05) is 38.1 Å². The zero-order valence-electron chi connectivity index (χ0n) is 19.1. The number of para-hydroxylation sites is 1. The molecule has 1 heterocycles. The van der Waals surface area contributed by atoms with E-state index < -0.39 is 0 Å². The molecule has 2 aromatic rings. The van der Waals surface area contributed by atoms with E-state index >= 15 is 0 Å². The molecule has 4 rings (SSSR count). The molecular weight excluding hydrogens is 416 g/mol. The van der Waals surface area contributed by atoms with Gasteiger partial charge in [0.05, 0.1) is 6.54 Å². The van der Waals surface area contributed by atoms with E-state index in [0.717, 1.165) is 18.7 Å². The maximum Gasteiger partial charge on any atom is 0.254 e. The summed E-state index contributed by atoms with van der Waals surface area (Å²) in [4.78, 5) is 41.9. The van der Waals surface area contributed by atoms with Gasteiger partial charge in [0.1, 0.15) is 0 Å². The van der Waals surface area contributed by atoms with Gasteiger partial charge in [0.25, 0.3) is 5.91 Å². The van der Waals surface area contributed by atoms with E-state index in [0.29, 0.717) is 31.5 Å². The largest absolute Gasteiger partial charge is 0.375 e. The molecule has 7 nitrogen and oxygen atoms in total. The molecule has 0 unspecified atom stereocenters. The van der Waals surface area contributed by atoms with E-state index in [9.17, 15) is 14.4 Å². The van der Waals surface area contributed by atoms with Gasteiger partial charge < -0.3 is 20.4 Å². The highest BCUT2D eigenvalue weighted by atomic mass is 16.2. The first-order chi connectivity index (χ1) is 16.0. The van der Waals surface area contributed by atoms with Gasteiger partial charge >= 0.3 is 0 Å². The lowest BCUT2D eigenvalue weighted by molar-refractivity contribution is -0.125. The van der Waals surface area contributed by atoms with Crippen molar-refractivity contribution in [1.29, 1.82) is 0 Å². The number of benzene rings is 2. The third-order valence-electron chi connectivity index (χ3n) is 6.68. The highest BCUT2D eigenvalue weighted by molar-refractivity contribution is 5.96. The highest BCUT2D eigenvalue weighted by Gasteiger charge is 2.42. The van der Waals surface area contributed by atoms with Crippen LogP contribution in [0.25, 0.3) is 0 Å². The van der Waals surface area contributed by atoms with Crippen molar-refractivity contribution in [3.05, 3.63) is 66.2 Å². The van der Waals surface area contributed by atoms with Crippen LogP contribution < -0.4 is 15.5 Å². The smallest absolute Gasteiger partial charge is 0.254 e. The van der Waals surface area contributed by atoms with E-state index in [4.69, 9.17) is 0 Å². The van der Waals surface area contributed by atoms with Gasteiger partial charge in [-0.1, -0.05) is 36.4 Å². The van der Waals surface area contributed by atoms with Crippen LogP contribution in [-0.4, -0.2) is 61.9 Å². The minimum atomic E-state index is -0.156. The number of hydrogen-bond donors (Lipinski definition) is 2. The third-order valence-corrected chi connectivity index (χ3v) is 6.68. The van der Waals surface area contributed by atoms with Gasteiger partial charge in [0.2, 0.25) is 11.8 Å². The minimum Gasteiger partial charge on any atom is -0.375 e. The monoisotopic (exact) mass is 448 g/mol. The quantitative estimate of drug-likeness (QED) is 0.637. The summed E-state index contributed by atoms with van der Waals surface area (Å²) in [7, 11) is 2.05. The summed E-state index contributed by atoms with van der Waals surface area (Å²) in [5.74, 6) is -0.303. The molecule has 1 aliphatic carbocycles. The maximum atomic E-state index is 12.9. The van der Waals surface area contributed by atoms with Gasteiger partial charge in [-0.05, 0) is 49.4 Å². The van der Waals surface area contributed by atoms with E-state index in [1.165, 1.54) is 0 Å². The van der Waals surface area contributed by atoms with Crippen molar-refractivity contribution in [3.63, 3.8) is 0 Å². The van der Waals surface area contributed by atoms with Crippen molar-refractivity contribution in [2.45, 2.75) is 25.3 Å². The summed E-state index contributed by atoms with van der Waals surface area (Å²) >= 11 is 0. The lowest BCUT2D eigenvalue weighted by Gasteiger charge is -2.23. The molecule has 3 atom stereocenters. The van der Waals surface area contributed by atoms with Crippen LogP contribution in [0.3, 0.4) is 0 Å². The maximum absolute atomic E-state index is 12.9. The van der Waals surface area contributed by atoms with E-state index in [-0.39, 0.29) is 42.1 Å². The Hall–Kier alpha value is -3.35. The Balaban J connectivity index is 1.27. The Morgan fingerprint density at radius 1 is 1.06 bits per heavy atom. The van der Waals surface area contributed by atoms with Crippen LogP contribution in [0.5, 0.6) is 0 Å². The van der Waals surface area contributed by atoms with Crippen LogP contribution in [0.2, 0.25) is 0 Å². The fourth-order valence-electron chi connectivity index (χ4n) is 4.89. The van der Waals surface area contributed by atoms with Gasteiger partial charge in [0.15, 0.2) is 0 Å². The number of rotatable bonds is 7. The molecule has 2 aliphatic rings. The molecule has 0 radical (unpaired) electrons. The predicted octanol–water partition coefficient (Wildman–Crippen LogP) is 2.30. The zero-order valence-corrected chi connectivity index (χ0v) is 19.1. The predicted molar refractivity (Wildman–Crippen MR) is 128 cm³/mol. The number of fused-ring (bicyclic) bond motifs is 1.